The summed E-state index contributed by atoms with van der Waals surface area (Å²) in [5, 5.41) is 12.6. The van der Waals surface area contributed by atoms with Crippen LogP contribution in [0, 0.1) is 29.1 Å². The number of rotatable bonds is 6. The number of ketones is 2. The standard InChI is InChI=1S/C38H43NO3/c1-2-20-37-21-18-32-31-17-15-30(40)23-28(31)13-16-33(32)34(37)19-22-38(37,42)36(41)24-29-14-12-27-10-6-7-11-35(27)39(29)25-26-8-4-3-5-9-26/h3-12,14,23-24,31-34,42H,2,13,15-22,25H2,1H3/b29-24+/t31-,32-,33+,34+,37+,38-/m1/s1. The molecule has 3 saturated carbocycles. The van der Waals surface area contributed by atoms with Crippen molar-refractivity contribution in [3.63, 3.8) is 0 Å². The highest BCUT2D eigenvalue weighted by Gasteiger charge is 2.66. The molecule has 4 heteroatoms. The number of allylic oxidation sites excluding steroid dienone is 2. The van der Waals surface area contributed by atoms with E-state index >= 15 is 0 Å². The zero-order valence-corrected chi connectivity index (χ0v) is 24.8. The SMILES string of the molecule is CCC[C@]12CC[C@H]3[C@H](CCC4=CC(=O)CC[C@H]43)[C@@H]1CC[C@@]2(O)C(=O)/C=C1\C=Cc2ccccc2N1Cc1ccccc1. The van der Waals surface area contributed by atoms with Crippen molar-refractivity contribution in [3.8, 4) is 0 Å². The summed E-state index contributed by atoms with van der Waals surface area (Å²) in [6.45, 7) is 2.86. The van der Waals surface area contributed by atoms with Crippen molar-refractivity contribution in [2.45, 2.75) is 83.3 Å². The first-order chi connectivity index (χ1) is 20.4. The summed E-state index contributed by atoms with van der Waals surface area (Å²) in [4.78, 5) is 28.8. The lowest BCUT2D eigenvalue weighted by Crippen LogP contribution is -2.57. The second-order valence-electron chi connectivity index (χ2n) is 13.5. The summed E-state index contributed by atoms with van der Waals surface area (Å²) in [7, 11) is 0. The Morgan fingerprint density at radius 1 is 0.952 bits per heavy atom. The Kier molecular flexibility index (Phi) is 7.09. The number of hydrogen-bond acceptors (Lipinski definition) is 4. The molecule has 0 radical (unpaired) electrons. The molecule has 0 aromatic heterocycles. The zero-order chi connectivity index (χ0) is 28.9. The van der Waals surface area contributed by atoms with Gasteiger partial charge in [-0.3, -0.25) is 9.59 Å². The van der Waals surface area contributed by atoms with Crippen molar-refractivity contribution in [3.05, 3.63) is 95.2 Å². The van der Waals surface area contributed by atoms with Gasteiger partial charge in [0.15, 0.2) is 11.6 Å². The molecule has 218 valence electrons. The van der Waals surface area contributed by atoms with Crippen LogP contribution in [0.2, 0.25) is 0 Å². The summed E-state index contributed by atoms with van der Waals surface area (Å²) in [5.74, 6) is 2.19. The molecule has 1 aliphatic heterocycles. The molecule has 3 fully saturated rings. The van der Waals surface area contributed by atoms with Crippen molar-refractivity contribution < 1.29 is 14.7 Å². The predicted octanol–water partition coefficient (Wildman–Crippen LogP) is 7.83. The third-order valence-corrected chi connectivity index (χ3v) is 11.7. The van der Waals surface area contributed by atoms with Gasteiger partial charge in [-0.15, -0.1) is 0 Å². The van der Waals surface area contributed by atoms with Gasteiger partial charge in [0.1, 0.15) is 5.60 Å². The highest BCUT2D eigenvalue weighted by molar-refractivity contribution is 6.00. The van der Waals surface area contributed by atoms with Gasteiger partial charge in [0.2, 0.25) is 0 Å². The topological polar surface area (TPSA) is 57.6 Å². The number of fused-ring (bicyclic) bond motifs is 6. The fourth-order valence-electron chi connectivity index (χ4n) is 9.95. The van der Waals surface area contributed by atoms with Gasteiger partial charge in [0.05, 0.1) is 0 Å². The van der Waals surface area contributed by atoms with E-state index < -0.39 is 5.60 Å². The van der Waals surface area contributed by atoms with Gasteiger partial charge in [0, 0.05) is 35.8 Å². The van der Waals surface area contributed by atoms with E-state index in [1.807, 2.05) is 30.4 Å². The molecule has 0 amide bonds. The van der Waals surface area contributed by atoms with Crippen molar-refractivity contribution in [1.29, 1.82) is 0 Å². The van der Waals surface area contributed by atoms with Crippen LogP contribution in [0.3, 0.4) is 0 Å². The van der Waals surface area contributed by atoms with Crippen LogP contribution in [0.25, 0.3) is 6.08 Å². The van der Waals surface area contributed by atoms with Gasteiger partial charge >= 0.3 is 0 Å². The summed E-state index contributed by atoms with van der Waals surface area (Å²) >= 11 is 0. The van der Waals surface area contributed by atoms with Gasteiger partial charge in [-0.1, -0.05) is 73.5 Å². The van der Waals surface area contributed by atoms with Gasteiger partial charge in [-0.25, -0.2) is 0 Å². The van der Waals surface area contributed by atoms with Gasteiger partial charge in [-0.05, 0) is 104 Å². The zero-order valence-electron chi connectivity index (χ0n) is 24.8. The molecule has 0 spiro atoms. The van der Waals surface area contributed by atoms with Gasteiger partial charge in [-0.2, -0.15) is 0 Å². The van der Waals surface area contributed by atoms with E-state index in [4.69, 9.17) is 0 Å². The Labute approximate surface area is 250 Å². The molecule has 1 heterocycles. The quantitative estimate of drug-likeness (QED) is 0.365. The molecular formula is C38H43NO3. The number of benzene rings is 2. The summed E-state index contributed by atoms with van der Waals surface area (Å²) < 4.78 is 0. The Morgan fingerprint density at radius 3 is 2.60 bits per heavy atom. The molecule has 2 aromatic carbocycles. The number of para-hydroxylation sites is 1. The average Bonchev–Trinajstić information content (AvgIpc) is 3.32. The van der Waals surface area contributed by atoms with Crippen molar-refractivity contribution in [1.82, 2.24) is 0 Å². The fourth-order valence-corrected chi connectivity index (χ4v) is 9.95. The lowest BCUT2D eigenvalue weighted by Gasteiger charge is -2.56. The maximum atomic E-state index is 14.5. The lowest BCUT2D eigenvalue weighted by molar-refractivity contribution is -0.160. The molecule has 0 bridgehead atoms. The second kappa shape index (κ2) is 10.8. The van der Waals surface area contributed by atoms with Crippen LogP contribution in [-0.2, 0) is 16.1 Å². The van der Waals surface area contributed by atoms with E-state index in [1.165, 1.54) is 11.1 Å². The fraction of sp³-hybridized carbons (Fsp3) is 0.474. The third-order valence-electron chi connectivity index (χ3n) is 11.7. The molecule has 6 atom stereocenters. The third kappa shape index (κ3) is 4.37. The number of aliphatic hydroxyl groups is 1. The smallest absolute Gasteiger partial charge is 0.189 e. The summed E-state index contributed by atoms with van der Waals surface area (Å²) in [6.07, 6.45) is 16.9. The summed E-state index contributed by atoms with van der Waals surface area (Å²) in [6, 6.07) is 18.7. The molecule has 4 aliphatic carbocycles. The molecule has 4 nitrogen and oxygen atoms in total. The lowest BCUT2D eigenvalue weighted by atomic mass is 9.48. The number of anilines is 1. The Balaban J connectivity index is 1.22. The van der Waals surface area contributed by atoms with Crippen LogP contribution in [0.4, 0.5) is 5.69 Å². The van der Waals surface area contributed by atoms with Crippen LogP contribution in [0.15, 0.2) is 84.1 Å². The maximum absolute atomic E-state index is 14.5. The van der Waals surface area contributed by atoms with Crippen molar-refractivity contribution in [2.24, 2.45) is 29.1 Å². The number of hydrogen-bond donors (Lipinski definition) is 1. The minimum atomic E-state index is -1.34. The minimum Gasteiger partial charge on any atom is -0.381 e. The number of carbonyl (C=O) groups excluding carboxylic acids is 2. The van der Waals surface area contributed by atoms with E-state index in [-0.39, 0.29) is 11.2 Å². The molecular weight excluding hydrogens is 518 g/mol. The molecule has 0 unspecified atom stereocenters. The van der Waals surface area contributed by atoms with Crippen LogP contribution < -0.4 is 4.90 Å². The maximum Gasteiger partial charge on any atom is 0.189 e. The molecule has 2 aromatic rings. The highest BCUT2D eigenvalue weighted by Crippen LogP contribution is 2.67. The van der Waals surface area contributed by atoms with Crippen LogP contribution in [0.1, 0.15) is 82.3 Å². The second-order valence-corrected chi connectivity index (χ2v) is 13.5. The average molecular weight is 562 g/mol. The molecule has 5 aliphatic rings. The van der Waals surface area contributed by atoms with Gasteiger partial charge < -0.3 is 10.0 Å². The van der Waals surface area contributed by atoms with Crippen LogP contribution in [0.5, 0.6) is 0 Å². The van der Waals surface area contributed by atoms with E-state index in [9.17, 15) is 14.7 Å². The highest BCUT2D eigenvalue weighted by atomic mass is 16.3. The molecule has 0 saturated heterocycles. The molecule has 1 N–H and O–H groups in total. The largest absolute Gasteiger partial charge is 0.381 e. The van der Waals surface area contributed by atoms with E-state index in [0.717, 1.165) is 68.3 Å². The first kappa shape index (κ1) is 27.6. The van der Waals surface area contributed by atoms with Crippen molar-refractivity contribution in [2.75, 3.05) is 4.90 Å². The van der Waals surface area contributed by atoms with Crippen LogP contribution >= 0.6 is 0 Å². The number of nitrogens with zero attached hydrogens (tertiary/aromatic N) is 1. The first-order valence-corrected chi connectivity index (χ1v) is 16.2. The van der Waals surface area contributed by atoms with E-state index in [0.29, 0.717) is 48.8 Å². The normalized spacial score (nSPS) is 34.3. The first-order valence-electron chi connectivity index (χ1n) is 16.2. The molecule has 42 heavy (non-hydrogen) atoms. The van der Waals surface area contributed by atoms with Gasteiger partial charge in [0.25, 0.3) is 0 Å². The van der Waals surface area contributed by atoms with E-state index in [2.05, 4.69) is 54.3 Å². The van der Waals surface area contributed by atoms with E-state index in [1.54, 1.807) is 6.08 Å². The Hall–Kier alpha value is -3.24. The predicted molar refractivity (Wildman–Crippen MR) is 167 cm³/mol. The van der Waals surface area contributed by atoms with Crippen LogP contribution in [-0.4, -0.2) is 22.3 Å². The number of carbonyl (C=O) groups is 2. The Morgan fingerprint density at radius 2 is 1.76 bits per heavy atom. The summed E-state index contributed by atoms with van der Waals surface area (Å²) in [5.41, 5.74) is 3.91. The Bertz CT molecular complexity index is 1470. The monoisotopic (exact) mass is 561 g/mol. The molecule has 7 rings (SSSR count). The van der Waals surface area contributed by atoms with Crippen molar-refractivity contribution >= 4 is 23.3 Å². The minimum absolute atomic E-state index is 0.117.